The predicted molar refractivity (Wildman–Crippen MR) is 82.9 cm³/mol. The smallest absolute Gasteiger partial charge is 0.406 e. The molecular weight excluding hydrogens is 323 g/mol. The van der Waals surface area contributed by atoms with Gasteiger partial charge in [-0.15, -0.1) is 13.2 Å². The van der Waals surface area contributed by atoms with Gasteiger partial charge >= 0.3 is 12.4 Å². The van der Waals surface area contributed by atoms with Gasteiger partial charge in [0, 0.05) is 31.4 Å². The first-order chi connectivity index (χ1) is 11.4. The molecule has 24 heavy (non-hydrogen) atoms. The molecule has 3 rings (SSSR count). The van der Waals surface area contributed by atoms with Crippen LogP contribution < -0.4 is 10.1 Å². The summed E-state index contributed by atoms with van der Waals surface area (Å²) in [6.07, 6.45) is -1.51. The number of carbonyl (C=O) groups is 1. The van der Waals surface area contributed by atoms with Crippen LogP contribution in [0.2, 0.25) is 0 Å². The molecule has 0 spiro atoms. The number of rotatable bonds is 2. The summed E-state index contributed by atoms with van der Waals surface area (Å²) in [6.45, 7) is 3.49. The lowest BCUT2D eigenvalue weighted by Crippen LogP contribution is -2.41. The molecular formula is C16H20F3N3O2. The lowest BCUT2D eigenvalue weighted by atomic mass is 10.2. The normalized spacial score (nSPS) is 22.0. The van der Waals surface area contributed by atoms with Crippen molar-refractivity contribution >= 4 is 11.7 Å². The summed E-state index contributed by atoms with van der Waals surface area (Å²) >= 11 is 0. The zero-order chi connectivity index (χ0) is 17.2. The summed E-state index contributed by atoms with van der Waals surface area (Å²) in [7, 11) is 0. The Kier molecular flexibility index (Phi) is 4.84. The van der Waals surface area contributed by atoms with Crippen LogP contribution in [-0.4, -0.2) is 54.4 Å². The van der Waals surface area contributed by atoms with Crippen LogP contribution in [-0.2, 0) is 0 Å². The number of amides is 2. The third-order valence-electron chi connectivity index (χ3n) is 4.43. The zero-order valence-electron chi connectivity index (χ0n) is 13.2. The third kappa shape index (κ3) is 4.31. The molecule has 2 amide bonds. The van der Waals surface area contributed by atoms with E-state index in [-0.39, 0.29) is 11.8 Å². The van der Waals surface area contributed by atoms with Gasteiger partial charge in [0.15, 0.2) is 0 Å². The number of fused-ring (bicyclic) bond motifs is 1. The second-order valence-electron chi connectivity index (χ2n) is 6.13. The number of alkyl halides is 3. The van der Waals surface area contributed by atoms with E-state index >= 15 is 0 Å². The fourth-order valence-corrected chi connectivity index (χ4v) is 3.33. The van der Waals surface area contributed by atoms with Gasteiger partial charge < -0.3 is 15.0 Å². The number of nitrogens with zero attached hydrogens (tertiary/aromatic N) is 2. The Bertz CT molecular complexity index is 577. The lowest BCUT2D eigenvalue weighted by Gasteiger charge is -2.25. The summed E-state index contributed by atoms with van der Waals surface area (Å²) in [5.74, 6) is -0.308. The van der Waals surface area contributed by atoms with Crippen molar-refractivity contribution in [3.63, 3.8) is 0 Å². The summed E-state index contributed by atoms with van der Waals surface area (Å²) in [5, 5.41) is 2.74. The Balaban J connectivity index is 1.58. The number of nitrogens with one attached hydrogen (secondary N) is 1. The van der Waals surface area contributed by atoms with E-state index in [0.717, 1.165) is 25.9 Å². The van der Waals surface area contributed by atoms with Crippen LogP contribution in [0.4, 0.5) is 23.7 Å². The van der Waals surface area contributed by atoms with Crippen molar-refractivity contribution in [1.29, 1.82) is 0 Å². The first kappa shape index (κ1) is 16.9. The molecule has 2 fully saturated rings. The highest BCUT2D eigenvalue weighted by Gasteiger charge is 2.31. The van der Waals surface area contributed by atoms with E-state index in [9.17, 15) is 18.0 Å². The van der Waals surface area contributed by atoms with Gasteiger partial charge in [-0.25, -0.2) is 4.79 Å². The number of ether oxygens (including phenoxy) is 1. The molecule has 0 bridgehead atoms. The third-order valence-corrected chi connectivity index (χ3v) is 4.43. The molecule has 2 heterocycles. The fourth-order valence-electron chi connectivity index (χ4n) is 3.33. The van der Waals surface area contributed by atoms with E-state index in [4.69, 9.17) is 0 Å². The van der Waals surface area contributed by atoms with Crippen LogP contribution in [0.3, 0.4) is 0 Å². The topological polar surface area (TPSA) is 44.8 Å². The van der Waals surface area contributed by atoms with Crippen molar-refractivity contribution in [3.8, 4) is 5.75 Å². The molecule has 8 heteroatoms. The first-order valence-electron chi connectivity index (χ1n) is 8.06. The van der Waals surface area contributed by atoms with Crippen molar-refractivity contribution in [2.75, 3.05) is 31.5 Å². The quantitative estimate of drug-likeness (QED) is 0.896. The van der Waals surface area contributed by atoms with Crippen molar-refractivity contribution in [2.24, 2.45) is 0 Å². The molecule has 2 aliphatic heterocycles. The minimum Gasteiger partial charge on any atom is -0.406 e. The molecule has 2 saturated heterocycles. The second-order valence-corrected chi connectivity index (χ2v) is 6.13. The highest BCUT2D eigenvalue weighted by Crippen LogP contribution is 2.25. The Morgan fingerprint density at radius 2 is 1.83 bits per heavy atom. The Labute approximate surface area is 138 Å². The minimum absolute atomic E-state index is 0.215. The van der Waals surface area contributed by atoms with Crippen LogP contribution in [0.1, 0.15) is 19.3 Å². The van der Waals surface area contributed by atoms with Crippen molar-refractivity contribution in [2.45, 2.75) is 31.7 Å². The Morgan fingerprint density at radius 3 is 2.54 bits per heavy atom. The molecule has 0 radical (unpaired) electrons. The van der Waals surface area contributed by atoms with Gasteiger partial charge in [-0.1, -0.05) is 0 Å². The largest absolute Gasteiger partial charge is 0.573 e. The highest BCUT2D eigenvalue weighted by molar-refractivity contribution is 5.89. The van der Waals surface area contributed by atoms with Gasteiger partial charge in [-0.3, -0.25) is 4.90 Å². The molecule has 132 valence electrons. The summed E-state index contributed by atoms with van der Waals surface area (Å²) in [5.41, 5.74) is 0.446. The van der Waals surface area contributed by atoms with E-state index in [0.29, 0.717) is 24.8 Å². The van der Waals surface area contributed by atoms with Crippen LogP contribution >= 0.6 is 0 Å². The van der Waals surface area contributed by atoms with E-state index in [2.05, 4.69) is 15.0 Å². The maximum atomic E-state index is 12.4. The standard InChI is InChI=1S/C16H20F3N3O2/c17-16(18,19)24-14-6-4-12(5-7-14)20-15(23)22-10-2-9-21-8-1-3-13(21)11-22/h4-7,13H,1-3,8-11H2,(H,20,23)/t13-/m1/s1. The maximum Gasteiger partial charge on any atom is 0.573 e. The number of anilines is 1. The van der Waals surface area contributed by atoms with Crippen LogP contribution in [0.25, 0.3) is 0 Å². The van der Waals surface area contributed by atoms with E-state index in [1.54, 1.807) is 4.90 Å². The Hall–Kier alpha value is -1.96. The molecule has 0 aliphatic carbocycles. The van der Waals surface area contributed by atoms with Gasteiger partial charge in [0.05, 0.1) is 0 Å². The average molecular weight is 343 g/mol. The number of carbonyl (C=O) groups excluding carboxylic acids is 1. The predicted octanol–water partition coefficient (Wildman–Crippen LogP) is 3.29. The van der Waals surface area contributed by atoms with Gasteiger partial charge in [0.2, 0.25) is 0 Å². The van der Waals surface area contributed by atoms with Gasteiger partial charge in [0.25, 0.3) is 0 Å². The monoisotopic (exact) mass is 343 g/mol. The Morgan fingerprint density at radius 1 is 1.12 bits per heavy atom. The maximum absolute atomic E-state index is 12.4. The van der Waals surface area contributed by atoms with Crippen LogP contribution in [0.5, 0.6) is 5.75 Å². The lowest BCUT2D eigenvalue weighted by molar-refractivity contribution is -0.274. The molecule has 5 nitrogen and oxygen atoms in total. The van der Waals surface area contributed by atoms with Gasteiger partial charge in [-0.05, 0) is 50.1 Å². The number of benzene rings is 1. The van der Waals surface area contributed by atoms with Crippen LogP contribution in [0.15, 0.2) is 24.3 Å². The van der Waals surface area contributed by atoms with Crippen molar-refractivity contribution < 1.29 is 22.7 Å². The van der Waals surface area contributed by atoms with E-state index in [1.807, 2.05) is 0 Å². The number of urea groups is 1. The molecule has 1 aromatic carbocycles. The summed E-state index contributed by atoms with van der Waals surface area (Å²) in [6, 6.07) is 5.38. The number of hydrogen-bond donors (Lipinski definition) is 1. The average Bonchev–Trinajstić information content (AvgIpc) is 2.84. The fraction of sp³-hybridized carbons (Fsp3) is 0.562. The molecule has 0 saturated carbocycles. The number of hydrogen-bond acceptors (Lipinski definition) is 3. The van der Waals surface area contributed by atoms with Crippen molar-refractivity contribution in [3.05, 3.63) is 24.3 Å². The van der Waals surface area contributed by atoms with E-state index in [1.165, 1.54) is 30.7 Å². The van der Waals surface area contributed by atoms with Crippen molar-refractivity contribution in [1.82, 2.24) is 9.80 Å². The highest BCUT2D eigenvalue weighted by atomic mass is 19.4. The van der Waals surface area contributed by atoms with Gasteiger partial charge in [0.1, 0.15) is 5.75 Å². The molecule has 2 aliphatic rings. The SMILES string of the molecule is O=C(Nc1ccc(OC(F)(F)F)cc1)N1CCCN2CCC[C@@H]2C1. The first-order valence-corrected chi connectivity index (χ1v) is 8.06. The van der Waals surface area contributed by atoms with Gasteiger partial charge in [-0.2, -0.15) is 0 Å². The molecule has 1 N–H and O–H groups in total. The molecule has 0 unspecified atom stereocenters. The van der Waals surface area contributed by atoms with E-state index < -0.39 is 6.36 Å². The summed E-state index contributed by atoms with van der Waals surface area (Å²) < 4.78 is 40.2. The second kappa shape index (κ2) is 6.88. The zero-order valence-corrected chi connectivity index (χ0v) is 13.2. The summed E-state index contributed by atoms with van der Waals surface area (Å²) in [4.78, 5) is 16.6. The number of halogens is 3. The minimum atomic E-state index is -4.72. The molecule has 0 aromatic heterocycles. The molecule has 1 atom stereocenters. The van der Waals surface area contributed by atoms with Crippen LogP contribution in [0, 0.1) is 0 Å². The molecule has 1 aromatic rings.